The van der Waals surface area contributed by atoms with Crippen molar-refractivity contribution in [3.05, 3.63) is 41.7 Å². The van der Waals surface area contributed by atoms with Crippen molar-refractivity contribution < 1.29 is 9.53 Å². The zero-order chi connectivity index (χ0) is 9.68. The van der Waals surface area contributed by atoms with Crippen LogP contribution in [-0.4, -0.2) is 12.9 Å². The van der Waals surface area contributed by atoms with Crippen LogP contribution >= 0.6 is 0 Å². The van der Waals surface area contributed by atoms with Crippen molar-refractivity contribution in [2.75, 3.05) is 7.11 Å². The molecule has 0 unspecified atom stereocenters. The van der Waals surface area contributed by atoms with Crippen LogP contribution in [0.1, 0.15) is 12.5 Å². The smallest absolute Gasteiger partial charge is 0.194 e. The van der Waals surface area contributed by atoms with E-state index in [9.17, 15) is 4.79 Å². The van der Waals surface area contributed by atoms with E-state index in [1.807, 2.05) is 30.3 Å². The molecule has 0 aliphatic rings. The van der Waals surface area contributed by atoms with Crippen LogP contribution in [0.5, 0.6) is 0 Å². The molecule has 0 atom stereocenters. The van der Waals surface area contributed by atoms with Crippen molar-refractivity contribution in [1.82, 2.24) is 0 Å². The van der Waals surface area contributed by atoms with E-state index >= 15 is 0 Å². The fraction of sp³-hybridized carbons (Fsp3) is 0.182. The highest BCUT2D eigenvalue weighted by molar-refractivity contribution is 5.95. The summed E-state index contributed by atoms with van der Waals surface area (Å²) in [7, 11) is 1.50. The molecule has 0 fully saturated rings. The summed E-state index contributed by atoms with van der Waals surface area (Å²) >= 11 is 0. The Bertz CT molecular complexity index is 312. The summed E-state index contributed by atoms with van der Waals surface area (Å²) in [6.07, 6.45) is 1.72. The van der Waals surface area contributed by atoms with Crippen LogP contribution in [0.4, 0.5) is 0 Å². The SMILES string of the molecule is CO/C(=C\c1ccccc1)C(C)=O. The van der Waals surface area contributed by atoms with E-state index in [-0.39, 0.29) is 5.78 Å². The van der Waals surface area contributed by atoms with Crippen LogP contribution in [0.2, 0.25) is 0 Å². The van der Waals surface area contributed by atoms with E-state index < -0.39 is 0 Å². The maximum absolute atomic E-state index is 11.0. The summed E-state index contributed by atoms with van der Waals surface area (Å²) in [6, 6.07) is 9.60. The largest absolute Gasteiger partial charge is 0.493 e. The Morgan fingerprint density at radius 3 is 2.38 bits per heavy atom. The minimum atomic E-state index is -0.0636. The first-order chi connectivity index (χ1) is 6.24. The van der Waals surface area contributed by atoms with E-state index in [1.54, 1.807) is 6.08 Å². The molecule has 13 heavy (non-hydrogen) atoms. The Morgan fingerprint density at radius 2 is 1.92 bits per heavy atom. The third-order valence-corrected chi connectivity index (χ3v) is 1.66. The molecule has 0 spiro atoms. The zero-order valence-corrected chi connectivity index (χ0v) is 7.78. The first-order valence-corrected chi connectivity index (χ1v) is 4.05. The third kappa shape index (κ3) is 2.75. The number of ketones is 1. The topological polar surface area (TPSA) is 26.3 Å². The highest BCUT2D eigenvalue weighted by Crippen LogP contribution is 2.07. The van der Waals surface area contributed by atoms with Crippen LogP contribution in [0.3, 0.4) is 0 Å². The highest BCUT2D eigenvalue weighted by Gasteiger charge is 2.01. The van der Waals surface area contributed by atoms with Gasteiger partial charge in [-0.1, -0.05) is 30.3 Å². The van der Waals surface area contributed by atoms with Crippen molar-refractivity contribution in [1.29, 1.82) is 0 Å². The van der Waals surface area contributed by atoms with Gasteiger partial charge in [-0.25, -0.2) is 0 Å². The highest BCUT2D eigenvalue weighted by atomic mass is 16.5. The lowest BCUT2D eigenvalue weighted by molar-refractivity contribution is -0.116. The van der Waals surface area contributed by atoms with E-state index in [1.165, 1.54) is 14.0 Å². The number of carbonyl (C=O) groups excluding carboxylic acids is 1. The second kappa shape index (κ2) is 4.45. The molecule has 0 radical (unpaired) electrons. The zero-order valence-electron chi connectivity index (χ0n) is 7.78. The molecule has 1 aromatic carbocycles. The second-order valence-electron chi connectivity index (χ2n) is 2.68. The monoisotopic (exact) mass is 176 g/mol. The van der Waals surface area contributed by atoms with Crippen molar-refractivity contribution in [2.45, 2.75) is 6.92 Å². The van der Waals surface area contributed by atoms with Gasteiger partial charge < -0.3 is 4.74 Å². The maximum atomic E-state index is 11.0. The lowest BCUT2D eigenvalue weighted by Gasteiger charge is -2.00. The quantitative estimate of drug-likeness (QED) is 0.521. The fourth-order valence-electron chi connectivity index (χ4n) is 1.00. The van der Waals surface area contributed by atoms with Crippen LogP contribution in [0, 0.1) is 0 Å². The lowest BCUT2D eigenvalue weighted by atomic mass is 10.2. The fourth-order valence-corrected chi connectivity index (χ4v) is 1.00. The van der Waals surface area contributed by atoms with Crippen molar-refractivity contribution in [2.24, 2.45) is 0 Å². The van der Waals surface area contributed by atoms with Crippen LogP contribution in [0.15, 0.2) is 36.1 Å². The molecule has 2 heteroatoms. The second-order valence-corrected chi connectivity index (χ2v) is 2.68. The number of ether oxygens (including phenoxy) is 1. The van der Waals surface area contributed by atoms with Gasteiger partial charge in [0.25, 0.3) is 0 Å². The molecule has 1 rings (SSSR count). The molecule has 0 amide bonds. The molecule has 0 saturated carbocycles. The average molecular weight is 176 g/mol. The van der Waals surface area contributed by atoms with Crippen molar-refractivity contribution >= 4 is 11.9 Å². The Kier molecular flexibility index (Phi) is 3.26. The van der Waals surface area contributed by atoms with Gasteiger partial charge in [-0.2, -0.15) is 0 Å². The van der Waals surface area contributed by atoms with Crippen LogP contribution < -0.4 is 0 Å². The Morgan fingerprint density at radius 1 is 1.31 bits per heavy atom. The summed E-state index contributed by atoms with van der Waals surface area (Å²) in [5, 5.41) is 0. The van der Waals surface area contributed by atoms with Gasteiger partial charge in [0, 0.05) is 6.92 Å². The molecule has 0 aliphatic carbocycles. The number of benzene rings is 1. The Balaban J connectivity index is 2.92. The Hall–Kier alpha value is -1.57. The molecule has 1 aromatic rings. The molecular weight excluding hydrogens is 164 g/mol. The summed E-state index contributed by atoms with van der Waals surface area (Å²) in [4.78, 5) is 11.0. The predicted molar refractivity (Wildman–Crippen MR) is 52.1 cm³/mol. The van der Waals surface area contributed by atoms with Crippen molar-refractivity contribution in [3.8, 4) is 0 Å². The number of rotatable bonds is 3. The first kappa shape index (κ1) is 9.52. The molecule has 2 nitrogen and oxygen atoms in total. The van der Waals surface area contributed by atoms with E-state index in [0.29, 0.717) is 5.76 Å². The number of allylic oxidation sites excluding steroid dienone is 1. The number of hydrogen-bond acceptors (Lipinski definition) is 2. The molecule has 0 N–H and O–H groups in total. The Labute approximate surface area is 77.8 Å². The summed E-state index contributed by atoms with van der Waals surface area (Å²) in [5.74, 6) is 0.317. The predicted octanol–water partition coefficient (Wildman–Crippen LogP) is 2.26. The molecule has 0 bridgehead atoms. The third-order valence-electron chi connectivity index (χ3n) is 1.66. The van der Waals surface area contributed by atoms with Gasteiger partial charge in [0.05, 0.1) is 7.11 Å². The van der Waals surface area contributed by atoms with Crippen LogP contribution in [-0.2, 0) is 9.53 Å². The van der Waals surface area contributed by atoms with E-state index in [0.717, 1.165) is 5.56 Å². The van der Waals surface area contributed by atoms with E-state index in [4.69, 9.17) is 4.74 Å². The van der Waals surface area contributed by atoms with E-state index in [2.05, 4.69) is 0 Å². The van der Waals surface area contributed by atoms with Gasteiger partial charge in [-0.15, -0.1) is 0 Å². The minimum absolute atomic E-state index is 0.0636. The molecule has 68 valence electrons. The molecule has 0 heterocycles. The van der Waals surface area contributed by atoms with Crippen molar-refractivity contribution in [3.63, 3.8) is 0 Å². The molecule has 0 aliphatic heterocycles. The summed E-state index contributed by atoms with van der Waals surface area (Å²) < 4.78 is 4.93. The number of carbonyl (C=O) groups is 1. The van der Waals surface area contributed by atoms with Gasteiger partial charge in [0.1, 0.15) is 0 Å². The van der Waals surface area contributed by atoms with Gasteiger partial charge in [-0.05, 0) is 11.6 Å². The molecule has 0 aromatic heterocycles. The number of hydrogen-bond donors (Lipinski definition) is 0. The lowest BCUT2D eigenvalue weighted by Crippen LogP contribution is -1.98. The maximum Gasteiger partial charge on any atom is 0.194 e. The van der Waals surface area contributed by atoms with Gasteiger partial charge in [-0.3, -0.25) is 4.79 Å². The standard InChI is InChI=1S/C11H12O2/c1-9(12)11(13-2)8-10-6-4-3-5-7-10/h3-8H,1-2H3/b11-8-. The number of methoxy groups -OCH3 is 1. The minimum Gasteiger partial charge on any atom is -0.493 e. The van der Waals surface area contributed by atoms with Gasteiger partial charge in [0.15, 0.2) is 11.5 Å². The first-order valence-electron chi connectivity index (χ1n) is 4.05. The average Bonchev–Trinajstić information content (AvgIpc) is 2.15. The van der Waals surface area contributed by atoms with Gasteiger partial charge in [0.2, 0.25) is 0 Å². The van der Waals surface area contributed by atoms with Crippen LogP contribution in [0.25, 0.3) is 6.08 Å². The van der Waals surface area contributed by atoms with Gasteiger partial charge >= 0.3 is 0 Å². The normalized spacial score (nSPS) is 11.1. The molecule has 0 saturated heterocycles. The molecular formula is C11H12O2. The summed E-state index contributed by atoms with van der Waals surface area (Å²) in [5.41, 5.74) is 0.967. The summed E-state index contributed by atoms with van der Waals surface area (Å²) in [6.45, 7) is 1.48. The number of Topliss-reactive ketones (excluding diaryl/α,β-unsaturated/α-hetero) is 1.